The summed E-state index contributed by atoms with van der Waals surface area (Å²) < 4.78 is 11.2. The third kappa shape index (κ3) is 2.67. The number of methoxy groups -OCH3 is 1. The molecule has 0 bridgehead atoms. The first-order valence-electron chi connectivity index (χ1n) is 7.15. The Labute approximate surface area is 133 Å². The summed E-state index contributed by atoms with van der Waals surface area (Å²) in [5, 5.41) is 39.3. The summed E-state index contributed by atoms with van der Waals surface area (Å²) in [5.41, 5.74) is 0.179. The molecule has 0 aromatic heterocycles. The van der Waals surface area contributed by atoms with Crippen LogP contribution in [0.15, 0.2) is 36.4 Å². The van der Waals surface area contributed by atoms with Gasteiger partial charge in [0.2, 0.25) is 0 Å². The zero-order chi connectivity index (χ0) is 16.6. The van der Waals surface area contributed by atoms with Gasteiger partial charge in [-0.1, -0.05) is 6.07 Å². The van der Waals surface area contributed by atoms with Crippen molar-refractivity contribution in [2.75, 3.05) is 13.7 Å². The molecule has 0 radical (unpaired) electrons. The Hall–Kier alpha value is -2.44. The fraction of sp³-hybridized carbons (Fsp3) is 0.294. The second-order valence-corrected chi connectivity index (χ2v) is 5.68. The number of rotatable bonds is 3. The Bertz CT molecular complexity index is 729. The van der Waals surface area contributed by atoms with Crippen molar-refractivity contribution in [3.63, 3.8) is 0 Å². The number of hydrogen-bond donors (Lipinski definition) is 4. The normalized spacial score (nSPS) is 23.1. The minimum atomic E-state index is -1.03. The lowest BCUT2D eigenvalue weighted by atomic mass is 9.83. The van der Waals surface area contributed by atoms with Crippen molar-refractivity contribution < 1.29 is 29.9 Å². The van der Waals surface area contributed by atoms with Crippen molar-refractivity contribution in [1.82, 2.24) is 0 Å². The predicted molar refractivity (Wildman–Crippen MR) is 81.8 cm³/mol. The van der Waals surface area contributed by atoms with Crippen LogP contribution in [0.2, 0.25) is 0 Å². The molecule has 2 aromatic carbocycles. The Balaban J connectivity index is 1.94. The molecule has 6 nitrogen and oxygen atoms in total. The van der Waals surface area contributed by atoms with E-state index in [1.165, 1.54) is 31.4 Å². The van der Waals surface area contributed by atoms with Crippen LogP contribution < -0.4 is 4.74 Å². The molecule has 6 heteroatoms. The minimum Gasteiger partial charge on any atom is -0.508 e. The lowest BCUT2D eigenvalue weighted by molar-refractivity contribution is -0.137. The quantitative estimate of drug-likeness (QED) is 0.645. The highest BCUT2D eigenvalue weighted by atomic mass is 16.6. The standard InChI is InChI=1S/C17H18O6/c1-22-17(8-10-2-5-13(19)14(20)6-10)9-23-15-7-11(18)3-4-12(15)16(17)21/h2-7,16,18-21H,8-9H2,1H3/t16-,17-/m1/s1. The first-order chi connectivity index (χ1) is 10.9. The van der Waals surface area contributed by atoms with Gasteiger partial charge in [0.15, 0.2) is 11.5 Å². The van der Waals surface area contributed by atoms with Crippen LogP contribution in [0.25, 0.3) is 0 Å². The summed E-state index contributed by atoms with van der Waals surface area (Å²) in [6.07, 6.45) is -0.688. The van der Waals surface area contributed by atoms with Crippen LogP contribution in [0.4, 0.5) is 0 Å². The summed E-state index contributed by atoms with van der Waals surface area (Å²) in [6.45, 7) is 0.0861. The highest BCUT2D eigenvalue weighted by Gasteiger charge is 2.44. The number of hydrogen-bond acceptors (Lipinski definition) is 6. The number of benzene rings is 2. The maximum Gasteiger partial charge on any atom is 0.157 e. The third-order valence-corrected chi connectivity index (χ3v) is 4.21. The van der Waals surface area contributed by atoms with Gasteiger partial charge in [-0.2, -0.15) is 0 Å². The molecule has 0 fully saturated rings. The first kappa shape index (κ1) is 15.5. The molecule has 3 rings (SSSR count). The van der Waals surface area contributed by atoms with Crippen LogP contribution in [-0.4, -0.2) is 39.7 Å². The molecule has 0 aliphatic carbocycles. The molecule has 2 aromatic rings. The van der Waals surface area contributed by atoms with Crippen LogP contribution in [-0.2, 0) is 11.2 Å². The van der Waals surface area contributed by atoms with Gasteiger partial charge in [-0.3, -0.25) is 0 Å². The molecule has 1 heterocycles. The van der Waals surface area contributed by atoms with E-state index in [0.29, 0.717) is 16.9 Å². The average molecular weight is 318 g/mol. The van der Waals surface area contributed by atoms with E-state index in [1.54, 1.807) is 12.1 Å². The van der Waals surface area contributed by atoms with Gasteiger partial charge in [-0.25, -0.2) is 0 Å². The summed E-state index contributed by atoms with van der Waals surface area (Å²) >= 11 is 0. The van der Waals surface area contributed by atoms with Crippen LogP contribution >= 0.6 is 0 Å². The molecule has 1 aliphatic rings. The molecular weight excluding hydrogens is 300 g/mol. The molecule has 0 unspecified atom stereocenters. The maximum atomic E-state index is 10.7. The fourth-order valence-corrected chi connectivity index (χ4v) is 2.85. The molecule has 0 spiro atoms. The van der Waals surface area contributed by atoms with E-state index in [9.17, 15) is 20.4 Å². The molecule has 0 amide bonds. The van der Waals surface area contributed by atoms with E-state index < -0.39 is 11.7 Å². The van der Waals surface area contributed by atoms with E-state index >= 15 is 0 Å². The van der Waals surface area contributed by atoms with Gasteiger partial charge in [-0.05, 0) is 29.8 Å². The minimum absolute atomic E-state index is 0.0596. The van der Waals surface area contributed by atoms with Crippen molar-refractivity contribution in [3.05, 3.63) is 47.5 Å². The van der Waals surface area contributed by atoms with Crippen LogP contribution in [0.1, 0.15) is 17.2 Å². The van der Waals surface area contributed by atoms with Gasteiger partial charge in [0.1, 0.15) is 29.8 Å². The van der Waals surface area contributed by atoms with Gasteiger partial charge in [-0.15, -0.1) is 0 Å². The second-order valence-electron chi connectivity index (χ2n) is 5.68. The monoisotopic (exact) mass is 318 g/mol. The Morgan fingerprint density at radius 1 is 1.13 bits per heavy atom. The Kier molecular flexibility index (Phi) is 3.79. The predicted octanol–water partition coefficient (Wildman–Crippen LogP) is 1.86. The fourth-order valence-electron chi connectivity index (χ4n) is 2.85. The lowest BCUT2D eigenvalue weighted by Crippen LogP contribution is -2.49. The van der Waals surface area contributed by atoms with Gasteiger partial charge >= 0.3 is 0 Å². The first-order valence-corrected chi connectivity index (χ1v) is 7.15. The number of aromatic hydroxyl groups is 3. The molecule has 4 N–H and O–H groups in total. The summed E-state index contributed by atoms with van der Waals surface area (Å²) in [6, 6.07) is 8.98. The molecular formula is C17H18O6. The summed E-state index contributed by atoms with van der Waals surface area (Å²) in [7, 11) is 1.48. The van der Waals surface area contributed by atoms with E-state index in [4.69, 9.17) is 9.47 Å². The van der Waals surface area contributed by atoms with Gasteiger partial charge in [0, 0.05) is 25.2 Å². The van der Waals surface area contributed by atoms with Crippen molar-refractivity contribution >= 4 is 0 Å². The number of aliphatic hydroxyl groups excluding tert-OH is 1. The molecule has 23 heavy (non-hydrogen) atoms. The van der Waals surface area contributed by atoms with Crippen molar-refractivity contribution in [2.24, 2.45) is 0 Å². The SMILES string of the molecule is CO[C@]1(Cc2ccc(O)c(O)c2)COc2cc(O)ccc2[C@H]1O. The zero-order valence-electron chi connectivity index (χ0n) is 12.6. The smallest absolute Gasteiger partial charge is 0.157 e. The highest BCUT2D eigenvalue weighted by molar-refractivity contribution is 5.45. The number of phenols is 3. The van der Waals surface area contributed by atoms with E-state index in [-0.39, 0.29) is 30.3 Å². The Morgan fingerprint density at radius 2 is 1.91 bits per heavy atom. The van der Waals surface area contributed by atoms with Crippen molar-refractivity contribution in [3.8, 4) is 23.0 Å². The number of aliphatic hydroxyl groups is 1. The molecule has 1 aliphatic heterocycles. The zero-order valence-corrected chi connectivity index (χ0v) is 12.6. The molecule has 0 saturated carbocycles. The van der Waals surface area contributed by atoms with Crippen LogP contribution in [0, 0.1) is 0 Å². The highest BCUT2D eigenvalue weighted by Crippen LogP contribution is 2.43. The average Bonchev–Trinajstić information content (AvgIpc) is 2.54. The van der Waals surface area contributed by atoms with Gasteiger partial charge in [0.05, 0.1) is 0 Å². The van der Waals surface area contributed by atoms with E-state index in [1.807, 2.05) is 0 Å². The van der Waals surface area contributed by atoms with E-state index in [0.717, 1.165) is 0 Å². The van der Waals surface area contributed by atoms with E-state index in [2.05, 4.69) is 0 Å². The maximum absolute atomic E-state index is 10.7. The van der Waals surface area contributed by atoms with Gasteiger partial charge < -0.3 is 29.9 Å². The lowest BCUT2D eigenvalue weighted by Gasteiger charge is -2.41. The third-order valence-electron chi connectivity index (χ3n) is 4.21. The molecule has 122 valence electrons. The summed E-state index contributed by atoms with van der Waals surface area (Å²) in [5.74, 6) is 0.0369. The number of fused-ring (bicyclic) bond motifs is 1. The summed E-state index contributed by atoms with van der Waals surface area (Å²) in [4.78, 5) is 0. The van der Waals surface area contributed by atoms with Crippen LogP contribution in [0.5, 0.6) is 23.0 Å². The molecule has 2 atom stereocenters. The van der Waals surface area contributed by atoms with Crippen molar-refractivity contribution in [2.45, 2.75) is 18.1 Å². The number of phenolic OH excluding ortho intramolecular Hbond substituents is 3. The van der Waals surface area contributed by atoms with Crippen molar-refractivity contribution in [1.29, 1.82) is 0 Å². The second kappa shape index (κ2) is 5.64. The topological polar surface area (TPSA) is 99.4 Å². The number of ether oxygens (including phenoxy) is 2. The molecule has 0 saturated heterocycles. The Morgan fingerprint density at radius 3 is 2.61 bits per heavy atom. The van der Waals surface area contributed by atoms with Crippen LogP contribution in [0.3, 0.4) is 0 Å². The van der Waals surface area contributed by atoms with Gasteiger partial charge in [0.25, 0.3) is 0 Å². The largest absolute Gasteiger partial charge is 0.508 e.